The molecule has 1 unspecified atom stereocenters. The van der Waals surface area contributed by atoms with Crippen molar-refractivity contribution in [3.05, 3.63) is 16.1 Å². The van der Waals surface area contributed by atoms with Gasteiger partial charge in [0.05, 0.1) is 23.7 Å². The summed E-state index contributed by atoms with van der Waals surface area (Å²) in [5, 5.41) is 14.1. The molecule has 1 atom stereocenters. The molecular formula is C13H20N2O4S. The number of carbonyl (C=O) groups is 2. The number of aliphatic carboxylic acids is 1. The van der Waals surface area contributed by atoms with E-state index in [1.54, 1.807) is 0 Å². The van der Waals surface area contributed by atoms with Crippen molar-refractivity contribution < 1.29 is 19.4 Å². The van der Waals surface area contributed by atoms with E-state index in [1.165, 1.54) is 18.4 Å². The lowest BCUT2D eigenvalue weighted by atomic mass is 9.98. The highest BCUT2D eigenvalue weighted by atomic mass is 32.1. The molecule has 1 aromatic rings. The maximum Gasteiger partial charge on any atom is 0.334 e. The van der Waals surface area contributed by atoms with Gasteiger partial charge in [-0.2, -0.15) is 0 Å². The van der Waals surface area contributed by atoms with E-state index in [0.29, 0.717) is 5.69 Å². The van der Waals surface area contributed by atoms with Gasteiger partial charge in [-0.15, -0.1) is 11.3 Å². The summed E-state index contributed by atoms with van der Waals surface area (Å²) in [7, 11) is 1.29. The second kappa shape index (κ2) is 6.81. The number of nitrogens with zero attached hydrogens (tertiary/aromatic N) is 1. The Morgan fingerprint density at radius 2 is 2.15 bits per heavy atom. The van der Waals surface area contributed by atoms with Crippen LogP contribution in [-0.4, -0.2) is 41.7 Å². The van der Waals surface area contributed by atoms with E-state index in [0.717, 1.165) is 5.01 Å². The molecule has 0 spiro atoms. The quantitative estimate of drug-likeness (QED) is 0.824. The van der Waals surface area contributed by atoms with Gasteiger partial charge in [-0.25, -0.2) is 9.78 Å². The van der Waals surface area contributed by atoms with Gasteiger partial charge in [0.2, 0.25) is 5.91 Å². The summed E-state index contributed by atoms with van der Waals surface area (Å²) in [5.41, 5.74) is 0.658. The van der Waals surface area contributed by atoms with Crippen LogP contribution in [0.2, 0.25) is 0 Å². The lowest BCUT2D eigenvalue weighted by molar-refractivity contribution is -0.148. The van der Waals surface area contributed by atoms with E-state index in [2.05, 4.69) is 31.1 Å². The molecule has 0 aromatic carbocycles. The first-order valence-corrected chi connectivity index (χ1v) is 7.09. The van der Waals surface area contributed by atoms with Gasteiger partial charge in [0.1, 0.15) is 0 Å². The zero-order valence-corrected chi connectivity index (χ0v) is 12.9. The summed E-state index contributed by atoms with van der Waals surface area (Å²) >= 11 is 1.52. The molecule has 1 aromatic heterocycles. The Hall–Kier alpha value is -1.47. The van der Waals surface area contributed by atoms with Crippen LogP contribution in [0.3, 0.4) is 0 Å². The monoisotopic (exact) mass is 300 g/mol. The number of carbonyl (C=O) groups excluding carboxylic acids is 1. The molecule has 0 radical (unpaired) electrons. The van der Waals surface area contributed by atoms with Crippen LogP contribution in [-0.2, 0) is 26.2 Å². The average molecular weight is 300 g/mol. The lowest BCUT2D eigenvalue weighted by Crippen LogP contribution is -2.38. The summed E-state index contributed by atoms with van der Waals surface area (Å²) in [5.74, 6) is -1.37. The fourth-order valence-electron chi connectivity index (χ4n) is 1.44. The molecule has 0 saturated heterocycles. The van der Waals surface area contributed by atoms with Crippen molar-refractivity contribution in [3.63, 3.8) is 0 Å². The Bertz CT molecular complexity index is 479. The van der Waals surface area contributed by atoms with Gasteiger partial charge in [-0.05, 0) is 0 Å². The summed E-state index contributed by atoms with van der Waals surface area (Å²) < 4.78 is 4.73. The van der Waals surface area contributed by atoms with Crippen LogP contribution in [0.15, 0.2) is 5.38 Å². The van der Waals surface area contributed by atoms with E-state index in [-0.39, 0.29) is 24.3 Å². The van der Waals surface area contributed by atoms with Gasteiger partial charge in [0.15, 0.2) is 6.10 Å². The highest BCUT2D eigenvalue weighted by Crippen LogP contribution is 2.25. The third-order valence-electron chi connectivity index (χ3n) is 2.58. The first-order chi connectivity index (χ1) is 9.24. The van der Waals surface area contributed by atoms with E-state index in [4.69, 9.17) is 9.84 Å². The number of hydrogen-bond donors (Lipinski definition) is 2. The van der Waals surface area contributed by atoms with Gasteiger partial charge in [0.25, 0.3) is 0 Å². The number of nitrogens with one attached hydrogen (secondary N) is 1. The fourth-order valence-corrected chi connectivity index (χ4v) is 2.34. The number of carboxylic acid groups (broad SMARTS) is 1. The van der Waals surface area contributed by atoms with Gasteiger partial charge >= 0.3 is 5.97 Å². The maximum atomic E-state index is 11.7. The minimum Gasteiger partial charge on any atom is -0.479 e. The standard InChI is InChI=1S/C13H20N2O4S/c1-13(2,3)12-15-8(7-20-12)5-10(16)14-6-9(19-4)11(17)18/h7,9H,5-6H2,1-4H3,(H,14,16)(H,17,18). The van der Waals surface area contributed by atoms with Crippen LogP contribution in [0, 0.1) is 0 Å². The normalized spacial score (nSPS) is 13.0. The number of carboxylic acids is 1. The molecule has 1 heterocycles. The molecule has 6 nitrogen and oxygen atoms in total. The highest BCUT2D eigenvalue weighted by Gasteiger charge is 2.20. The van der Waals surface area contributed by atoms with Crippen LogP contribution in [0.25, 0.3) is 0 Å². The van der Waals surface area contributed by atoms with E-state index < -0.39 is 12.1 Å². The van der Waals surface area contributed by atoms with Crippen molar-refractivity contribution in [2.45, 2.75) is 38.7 Å². The minimum absolute atomic E-state index is 0.0379. The van der Waals surface area contributed by atoms with Crippen LogP contribution >= 0.6 is 11.3 Å². The molecule has 2 N–H and O–H groups in total. The molecule has 0 saturated carbocycles. The van der Waals surface area contributed by atoms with Crippen molar-refractivity contribution in [2.24, 2.45) is 0 Å². The predicted octanol–water partition coefficient (Wildman–Crippen LogP) is 1.20. The van der Waals surface area contributed by atoms with Crippen molar-refractivity contribution in [1.29, 1.82) is 0 Å². The maximum absolute atomic E-state index is 11.7. The topological polar surface area (TPSA) is 88.5 Å². The third-order valence-corrected chi connectivity index (χ3v) is 3.90. The Balaban J connectivity index is 2.51. The molecule has 20 heavy (non-hydrogen) atoms. The second-order valence-corrected chi connectivity index (χ2v) is 6.30. The highest BCUT2D eigenvalue weighted by molar-refractivity contribution is 7.09. The van der Waals surface area contributed by atoms with Crippen molar-refractivity contribution >= 4 is 23.2 Å². The van der Waals surface area contributed by atoms with Crippen molar-refractivity contribution in [3.8, 4) is 0 Å². The largest absolute Gasteiger partial charge is 0.479 e. The Morgan fingerprint density at radius 3 is 2.60 bits per heavy atom. The van der Waals surface area contributed by atoms with Crippen LogP contribution < -0.4 is 5.32 Å². The van der Waals surface area contributed by atoms with E-state index in [1.807, 2.05) is 5.38 Å². The Morgan fingerprint density at radius 1 is 1.50 bits per heavy atom. The first-order valence-electron chi connectivity index (χ1n) is 6.21. The van der Waals surface area contributed by atoms with Gasteiger partial charge in [-0.1, -0.05) is 20.8 Å². The van der Waals surface area contributed by atoms with Crippen LogP contribution in [0.5, 0.6) is 0 Å². The van der Waals surface area contributed by atoms with Crippen LogP contribution in [0.1, 0.15) is 31.5 Å². The number of thiazole rings is 1. The second-order valence-electron chi connectivity index (χ2n) is 5.44. The number of aromatic nitrogens is 1. The first kappa shape index (κ1) is 16.6. The molecule has 7 heteroatoms. The van der Waals surface area contributed by atoms with Gasteiger partial charge in [0, 0.05) is 17.9 Å². The lowest BCUT2D eigenvalue weighted by Gasteiger charge is -2.13. The smallest absolute Gasteiger partial charge is 0.334 e. The van der Waals surface area contributed by atoms with Crippen molar-refractivity contribution in [2.75, 3.05) is 13.7 Å². The molecule has 0 aliphatic rings. The zero-order valence-electron chi connectivity index (χ0n) is 12.1. The van der Waals surface area contributed by atoms with Crippen molar-refractivity contribution in [1.82, 2.24) is 10.3 Å². The summed E-state index contributed by atoms with van der Waals surface area (Å²) in [6, 6.07) is 0. The molecule has 0 aliphatic heterocycles. The molecule has 0 fully saturated rings. The number of methoxy groups -OCH3 is 1. The molecule has 0 aliphatic carbocycles. The fraction of sp³-hybridized carbons (Fsp3) is 0.615. The molecular weight excluding hydrogens is 280 g/mol. The summed E-state index contributed by atoms with van der Waals surface area (Å²) in [6.07, 6.45) is -0.887. The number of amides is 1. The molecule has 0 bridgehead atoms. The van der Waals surface area contributed by atoms with E-state index >= 15 is 0 Å². The molecule has 1 rings (SSSR count). The SMILES string of the molecule is COC(CNC(=O)Cc1csc(C(C)(C)C)n1)C(=O)O. The zero-order chi connectivity index (χ0) is 15.3. The Kier molecular flexibility index (Phi) is 5.64. The third kappa shape index (κ3) is 4.90. The number of rotatable bonds is 6. The predicted molar refractivity (Wildman–Crippen MR) is 76.0 cm³/mol. The summed E-state index contributed by atoms with van der Waals surface area (Å²) in [4.78, 5) is 26.9. The van der Waals surface area contributed by atoms with Gasteiger partial charge < -0.3 is 15.2 Å². The minimum atomic E-state index is -1.10. The summed E-state index contributed by atoms with van der Waals surface area (Å²) in [6.45, 7) is 6.13. The van der Waals surface area contributed by atoms with Gasteiger partial charge in [-0.3, -0.25) is 4.79 Å². The molecule has 1 amide bonds. The van der Waals surface area contributed by atoms with E-state index in [9.17, 15) is 9.59 Å². The Labute approximate surface area is 122 Å². The molecule has 112 valence electrons. The van der Waals surface area contributed by atoms with Crippen LogP contribution in [0.4, 0.5) is 0 Å². The average Bonchev–Trinajstić information content (AvgIpc) is 2.77. The number of ether oxygens (including phenoxy) is 1. The number of hydrogen-bond acceptors (Lipinski definition) is 5.